The van der Waals surface area contributed by atoms with E-state index < -0.39 is 0 Å². The summed E-state index contributed by atoms with van der Waals surface area (Å²) >= 11 is 11.4. The van der Waals surface area contributed by atoms with Crippen LogP contribution in [0.25, 0.3) is 0 Å². The van der Waals surface area contributed by atoms with Gasteiger partial charge in [0, 0.05) is 17.4 Å². The number of rotatable bonds is 4. The Kier molecular flexibility index (Phi) is 4.40. The van der Waals surface area contributed by atoms with Crippen molar-refractivity contribution in [2.45, 2.75) is 12.8 Å². The zero-order valence-electron chi connectivity index (χ0n) is 7.39. The predicted molar refractivity (Wildman–Crippen MR) is 59.7 cm³/mol. The van der Waals surface area contributed by atoms with Gasteiger partial charge in [0.05, 0.1) is 0 Å². The molecule has 0 unspecified atom stereocenters. The molecule has 3 heteroatoms. The third-order valence-electron chi connectivity index (χ3n) is 2.02. The first kappa shape index (κ1) is 10.7. The van der Waals surface area contributed by atoms with Crippen LogP contribution in [0.2, 0.25) is 0 Å². The fraction of sp³-hybridized carbons (Fsp3) is 0.400. The first-order valence-corrected chi connectivity index (χ1v) is 5.34. The van der Waals surface area contributed by atoms with Gasteiger partial charge in [-0.05, 0) is 30.0 Å². The van der Waals surface area contributed by atoms with Gasteiger partial charge in [0.15, 0.2) is 0 Å². The van der Waals surface area contributed by atoms with Gasteiger partial charge in [0.2, 0.25) is 0 Å². The Hall–Kier alpha value is -0.400. The molecule has 72 valence electrons. The Morgan fingerprint density at radius 3 is 2.38 bits per heavy atom. The molecule has 0 aliphatic carbocycles. The lowest BCUT2D eigenvalue weighted by molar-refractivity contribution is 1.05. The van der Waals surface area contributed by atoms with Crippen LogP contribution < -0.4 is 5.73 Å². The van der Waals surface area contributed by atoms with E-state index in [0.29, 0.717) is 11.8 Å². The van der Waals surface area contributed by atoms with Gasteiger partial charge in [-0.25, -0.2) is 0 Å². The van der Waals surface area contributed by atoms with E-state index in [0.717, 1.165) is 24.1 Å². The smallest absolute Gasteiger partial charge is 0.0349 e. The van der Waals surface area contributed by atoms with Crippen molar-refractivity contribution in [2.24, 2.45) is 0 Å². The topological polar surface area (TPSA) is 26.0 Å². The predicted octanol–water partition coefficient (Wildman–Crippen LogP) is 2.83. The minimum absolute atomic E-state index is 0.601. The molecule has 0 atom stereocenters. The Labute approximate surface area is 88.8 Å². The molecule has 0 saturated heterocycles. The van der Waals surface area contributed by atoms with Gasteiger partial charge in [-0.1, -0.05) is 12.1 Å². The second kappa shape index (κ2) is 5.36. The van der Waals surface area contributed by atoms with Crippen LogP contribution >= 0.6 is 23.2 Å². The molecule has 13 heavy (non-hydrogen) atoms. The van der Waals surface area contributed by atoms with E-state index in [9.17, 15) is 0 Å². The molecule has 0 spiro atoms. The van der Waals surface area contributed by atoms with E-state index in [1.165, 1.54) is 5.56 Å². The highest BCUT2D eigenvalue weighted by Gasteiger charge is 2.04. The van der Waals surface area contributed by atoms with Gasteiger partial charge in [0.1, 0.15) is 0 Å². The molecular formula is C10H13Cl2N. The minimum Gasteiger partial charge on any atom is -0.398 e. The van der Waals surface area contributed by atoms with E-state index in [1.807, 2.05) is 12.1 Å². The average molecular weight is 218 g/mol. The number of alkyl halides is 2. The zero-order valence-corrected chi connectivity index (χ0v) is 8.91. The van der Waals surface area contributed by atoms with Crippen molar-refractivity contribution in [1.82, 2.24) is 0 Å². The summed E-state index contributed by atoms with van der Waals surface area (Å²) in [6, 6.07) is 5.91. The summed E-state index contributed by atoms with van der Waals surface area (Å²) < 4.78 is 0. The normalized spacial score (nSPS) is 10.3. The number of nitrogens with two attached hydrogens (primary N) is 1. The van der Waals surface area contributed by atoms with Gasteiger partial charge < -0.3 is 5.73 Å². The molecule has 0 bridgehead atoms. The Morgan fingerprint density at radius 1 is 1.08 bits per heavy atom. The van der Waals surface area contributed by atoms with E-state index in [1.54, 1.807) is 0 Å². The number of anilines is 1. The number of halogens is 2. The Balaban J connectivity index is 2.95. The molecule has 0 radical (unpaired) electrons. The lowest BCUT2D eigenvalue weighted by Gasteiger charge is -2.09. The first-order chi connectivity index (χ1) is 6.29. The fourth-order valence-corrected chi connectivity index (χ4v) is 1.78. The molecule has 0 aromatic heterocycles. The van der Waals surface area contributed by atoms with Crippen molar-refractivity contribution in [3.05, 3.63) is 29.3 Å². The molecule has 1 aromatic carbocycles. The molecule has 0 fully saturated rings. The first-order valence-electron chi connectivity index (χ1n) is 4.27. The summed E-state index contributed by atoms with van der Waals surface area (Å²) in [4.78, 5) is 0. The summed E-state index contributed by atoms with van der Waals surface area (Å²) in [6.45, 7) is 0. The van der Waals surface area contributed by atoms with Crippen LogP contribution in [-0.4, -0.2) is 11.8 Å². The van der Waals surface area contributed by atoms with Crippen LogP contribution in [0, 0.1) is 0 Å². The van der Waals surface area contributed by atoms with Crippen molar-refractivity contribution in [2.75, 3.05) is 17.5 Å². The molecule has 2 N–H and O–H groups in total. The Bertz CT molecular complexity index is 274. The van der Waals surface area contributed by atoms with Crippen LogP contribution in [0.5, 0.6) is 0 Å². The van der Waals surface area contributed by atoms with Gasteiger partial charge in [-0.2, -0.15) is 0 Å². The molecule has 1 nitrogen and oxygen atoms in total. The number of aryl methyl sites for hydroxylation is 1. The van der Waals surface area contributed by atoms with E-state index in [2.05, 4.69) is 6.07 Å². The molecule has 0 aliphatic rings. The molecule has 0 amide bonds. The monoisotopic (exact) mass is 217 g/mol. The summed E-state index contributed by atoms with van der Waals surface area (Å²) in [5, 5.41) is 0. The maximum atomic E-state index is 5.84. The largest absolute Gasteiger partial charge is 0.398 e. The molecule has 1 rings (SSSR count). The maximum absolute atomic E-state index is 5.84. The standard InChI is InChI=1S/C10H13Cl2N/c11-6-4-8-2-1-3-10(13)9(8)5-7-12/h1-3H,4-7,13H2. The van der Waals surface area contributed by atoms with Gasteiger partial charge in [-0.3, -0.25) is 0 Å². The van der Waals surface area contributed by atoms with Crippen molar-refractivity contribution < 1.29 is 0 Å². The summed E-state index contributed by atoms with van der Waals surface area (Å²) in [7, 11) is 0. The van der Waals surface area contributed by atoms with E-state index >= 15 is 0 Å². The summed E-state index contributed by atoms with van der Waals surface area (Å²) in [5.41, 5.74) is 9.03. The van der Waals surface area contributed by atoms with Crippen LogP contribution in [0.4, 0.5) is 5.69 Å². The highest BCUT2D eigenvalue weighted by molar-refractivity contribution is 6.18. The number of benzene rings is 1. The lowest BCUT2D eigenvalue weighted by atomic mass is 10.0. The number of hydrogen-bond donors (Lipinski definition) is 1. The number of nitrogen functional groups attached to an aromatic ring is 1. The Morgan fingerprint density at radius 2 is 1.77 bits per heavy atom. The van der Waals surface area contributed by atoms with Gasteiger partial charge in [0.25, 0.3) is 0 Å². The summed E-state index contributed by atoms with van der Waals surface area (Å²) in [5.74, 6) is 1.22. The van der Waals surface area contributed by atoms with E-state index in [4.69, 9.17) is 28.9 Å². The van der Waals surface area contributed by atoms with Gasteiger partial charge in [-0.15, -0.1) is 23.2 Å². The SMILES string of the molecule is Nc1cccc(CCCl)c1CCCl. The van der Waals surface area contributed by atoms with Crippen molar-refractivity contribution in [1.29, 1.82) is 0 Å². The minimum atomic E-state index is 0.601. The van der Waals surface area contributed by atoms with Crippen LogP contribution in [0.15, 0.2) is 18.2 Å². The molecule has 1 aromatic rings. The quantitative estimate of drug-likeness (QED) is 0.610. The molecule has 0 aliphatic heterocycles. The van der Waals surface area contributed by atoms with E-state index in [-0.39, 0.29) is 0 Å². The molecule has 0 heterocycles. The average Bonchev–Trinajstić information content (AvgIpc) is 2.11. The van der Waals surface area contributed by atoms with Crippen molar-refractivity contribution in [3.63, 3.8) is 0 Å². The fourth-order valence-electron chi connectivity index (χ4n) is 1.39. The van der Waals surface area contributed by atoms with Gasteiger partial charge >= 0.3 is 0 Å². The molecule has 0 saturated carbocycles. The molecular weight excluding hydrogens is 205 g/mol. The van der Waals surface area contributed by atoms with Crippen molar-refractivity contribution in [3.8, 4) is 0 Å². The summed E-state index contributed by atoms with van der Waals surface area (Å²) in [6.07, 6.45) is 1.68. The maximum Gasteiger partial charge on any atom is 0.0349 e. The second-order valence-electron chi connectivity index (χ2n) is 2.86. The van der Waals surface area contributed by atoms with Crippen LogP contribution in [-0.2, 0) is 12.8 Å². The highest BCUT2D eigenvalue weighted by Crippen LogP contribution is 2.19. The van der Waals surface area contributed by atoms with Crippen LogP contribution in [0.1, 0.15) is 11.1 Å². The highest BCUT2D eigenvalue weighted by atomic mass is 35.5. The third kappa shape index (κ3) is 2.78. The van der Waals surface area contributed by atoms with Crippen LogP contribution in [0.3, 0.4) is 0 Å². The lowest BCUT2D eigenvalue weighted by Crippen LogP contribution is -2.01. The van der Waals surface area contributed by atoms with Crippen molar-refractivity contribution >= 4 is 28.9 Å². The third-order valence-corrected chi connectivity index (χ3v) is 2.40. The number of hydrogen-bond acceptors (Lipinski definition) is 1. The second-order valence-corrected chi connectivity index (χ2v) is 3.62. The zero-order chi connectivity index (χ0) is 9.68.